The zero-order chi connectivity index (χ0) is 21.6. The van der Waals surface area contributed by atoms with Crippen LogP contribution < -0.4 is 0 Å². The van der Waals surface area contributed by atoms with Crippen molar-refractivity contribution < 1.29 is 31.0 Å². The molecule has 0 spiro atoms. The second-order valence-electron chi connectivity index (χ2n) is 8.09. The molecule has 29 heavy (non-hydrogen) atoms. The lowest BCUT2D eigenvalue weighted by Gasteiger charge is -2.46. The van der Waals surface area contributed by atoms with Crippen LogP contribution in [-0.4, -0.2) is 37.2 Å². The Morgan fingerprint density at radius 2 is 1.21 bits per heavy atom. The van der Waals surface area contributed by atoms with Crippen LogP contribution in [0.4, 0.5) is 0 Å². The molecule has 158 valence electrons. The Kier molecular flexibility index (Phi) is 5.65. The van der Waals surface area contributed by atoms with Crippen LogP contribution in [0, 0.1) is 19.3 Å². The van der Waals surface area contributed by atoms with Gasteiger partial charge >= 0.3 is 0 Å². The normalized spacial score (nSPS) is 17.1. The van der Waals surface area contributed by atoms with Gasteiger partial charge in [-0.3, -0.25) is 9.11 Å². The van der Waals surface area contributed by atoms with Crippen LogP contribution in [0.1, 0.15) is 35.1 Å². The standard InChI is InChI=1S/C20H24O7S2/c1-13-3-5-18(28(22,23)24)15(7-13)9-20(11-17(21)12-20)10-16-8-14(2)4-6-19(16)29(25,26)27/h3-8,17,21H,9-12H2,1-2H3,(H,22,23,24)(H,25,26,27). The van der Waals surface area contributed by atoms with Crippen molar-refractivity contribution in [2.24, 2.45) is 5.41 Å². The van der Waals surface area contributed by atoms with Crippen molar-refractivity contribution in [3.8, 4) is 0 Å². The molecule has 0 bridgehead atoms. The third-order valence-electron chi connectivity index (χ3n) is 5.46. The largest absolute Gasteiger partial charge is 0.393 e. The predicted molar refractivity (Wildman–Crippen MR) is 107 cm³/mol. The molecular formula is C20H24O7S2. The van der Waals surface area contributed by atoms with E-state index in [2.05, 4.69) is 0 Å². The van der Waals surface area contributed by atoms with Crippen molar-refractivity contribution in [3.05, 3.63) is 58.7 Å². The van der Waals surface area contributed by atoms with Crippen LogP contribution in [0.25, 0.3) is 0 Å². The number of hydrogen-bond donors (Lipinski definition) is 3. The summed E-state index contributed by atoms with van der Waals surface area (Å²) < 4.78 is 66.4. The number of aliphatic hydroxyl groups is 1. The minimum Gasteiger partial charge on any atom is -0.393 e. The summed E-state index contributed by atoms with van der Waals surface area (Å²) in [5, 5.41) is 9.97. The molecular weight excluding hydrogens is 416 g/mol. The van der Waals surface area contributed by atoms with E-state index in [1.54, 1.807) is 38.1 Å². The van der Waals surface area contributed by atoms with E-state index in [9.17, 15) is 31.0 Å². The Balaban J connectivity index is 2.05. The van der Waals surface area contributed by atoms with E-state index in [-0.39, 0.29) is 22.6 Å². The molecule has 1 aliphatic carbocycles. The predicted octanol–water partition coefficient (Wildman–Crippen LogP) is 2.72. The summed E-state index contributed by atoms with van der Waals surface area (Å²) in [7, 11) is -8.86. The van der Waals surface area contributed by atoms with Crippen LogP contribution in [0.15, 0.2) is 46.2 Å². The monoisotopic (exact) mass is 440 g/mol. The van der Waals surface area contributed by atoms with Gasteiger partial charge in [-0.25, -0.2) is 0 Å². The zero-order valence-corrected chi connectivity index (χ0v) is 17.8. The average Bonchev–Trinajstić information content (AvgIpc) is 2.51. The Labute approximate surface area is 170 Å². The maximum atomic E-state index is 11.8. The SMILES string of the molecule is Cc1ccc(S(=O)(=O)O)c(CC2(Cc3cc(C)ccc3S(=O)(=O)O)CC(O)C2)c1. The molecule has 0 radical (unpaired) electrons. The van der Waals surface area contributed by atoms with Crippen molar-refractivity contribution >= 4 is 20.2 Å². The van der Waals surface area contributed by atoms with E-state index < -0.39 is 31.8 Å². The molecule has 2 aromatic rings. The highest BCUT2D eigenvalue weighted by Crippen LogP contribution is 2.48. The molecule has 3 N–H and O–H groups in total. The van der Waals surface area contributed by atoms with Crippen molar-refractivity contribution in [3.63, 3.8) is 0 Å². The molecule has 7 nitrogen and oxygen atoms in total. The van der Waals surface area contributed by atoms with Crippen LogP contribution in [0.2, 0.25) is 0 Å². The molecule has 1 fully saturated rings. The number of aliphatic hydroxyl groups excluding tert-OH is 1. The quantitative estimate of drug-likeness (QED) is 0.589. The summed E-state index contributed by atoms with van der Waals surface area (Å²) in [6.45, 7) is 3.60. The first-order valence-corrected chi connectivity index (χ1v) is 12.0. The first-order chi connectivity index (χ1) is 13.3. The smallest absolute Gasteiger partial charge is 0.294 e. The van der Waals surface area contributed by atoms with E-state index in [0.29, 0.717) is 24.0 Å². The molecule has 0 aliphatic heterocycles. The van der Waals surface area contributed by atoms with Gasteiger partial charge in [0.1, 0.15) is 0 Å². The van der Waals surface area contributed by atoms with Gasteiger partial charge < -0.3 is 5.11 Å². The van der Waals surface area contributed by atoms with Crippen molar-refractivity contribution in [2.75, 3.05) is 0 Å². The third kappa shape index (κ3) is 4.87. The first kappa shape index (κ1) is 21.9. The van der Waals surface area contributed by atoms with Gasteiger partial charge in [0.2, 0.25) is 0 Å². The van der Waals surface area contributed by atoms with Crippen molar-refractivity contribution in [2.45, 2.75) is 55.4 Å². The second kappa shape index (κ2) is 7.48. The zero-order valence-electron chi connectivity index (χ0n) is 16.2. The minimum absolute atomic E-state index is 0.192. The fourth-order valence-electron chi connectivity index (χ4n) is 4.30. The van der Waals surface area contributed by atoms with Gasteiger partial charge in [-0.1, -0.05) is 35.4 Å². The molecule has 9 heteroatoms. The fourth-order valence-corrected chi connectivity index (χ4v) is 5.70. The molecule has 1 aliphatic rings. The lowest BCUT2D eigenvalue weighted by atomic mass is 9.60. The lowest BCUT2D eigenvalue weighted by Crippen LogP contribution is -2.44. The Morgan fingerprint density at radius 1 is 0.828 bits per heavy atom. The topological polar surface area (TPSA) is 129 Å². The van der Waals surface area contributed by atoms with Crippen LogP contribution in [0.3, 0.4) is 0 Å². The van der Waals surface area contributed by atoms with E-state index in [1.165, 1.54) is 12.1 Å². The van der Waals surface area contributed by atoms with Gasteiger partial charge in [0, 0.05) is 0 Å². The van der Waals surface area contributed by atoms with E-state index in [1.807, 2.05) is 0 Å². The third-order valence-corrected chi connectivity index (χ3v) is 7.36. The lowest BCUT2D eigenvalue weighted by molar-refractivity contribution is -0.0323. The number of aryl methyl sites for hydroxylation is 2. The van der Waals surface area contributed by atoms with E-state index >= 15 is 0 Å². The summed E-state index contributed by atoms with van der Waals surface area (Å²) in [4.78, 5) is -0.383. The van der Waals surface area contributed by atoms with Gasteiger partial charge in [-0.05, 0) is 68.2 Å². The highest BCUT2D eigenvalue weighted by molar-refractivity contribution is 7.86. The maximum Gasteiger partial charge on any atom is 0.294 e. The molecule has 0 saturated heterocycles. The second-order valence-corrected chi connectivity index (χ2v) is 10.9. The summed E-state index contributed by atoms with van der Waals surface area (Å²) in [5.41, 5.74) is 1.87. The van der Waals surface area contributed by atoms with Crippen LogP contribution in [0.5, 0.6) is 0 Å². The highest BCUT2D eigenvalue weighted by Gasteiger charge is 2.45. The van der Waals surface area contributed by atoms with Gasteiger partial charge in [-0.15, -0.1) is 0 Å². The van der Waals surface area contributed by atoms with Crippen LogP contribution >= 0.6 is 0 Å². The molecule has 2 aromatic carbocycles. The molecule has 0 amide bonds. The van der Waals surface area contributed by atoms with Gasteiger partial charge in [0.15, 0.2) is 0 Å². The fraction of sp³-hybridized carbons (Fsp3) is 0.400. The van der Waals surface area contributed by atoms with Gasteiger partial charge in [0.25, 0.3) is 20.2 Å². The number of hydrogen-bond acceptors (Lipinski definition) is 5. The van der Waals surface area contributed by atoms with Crippen LogP contribution in [-0.2, 0) is 33.1 Å². The molecule has 1 saturated carbocycles. The van der Waals surface area contributed by atoms with E-state index in [0.717, 1.165) is 11.1 Å². The Morgan fingerprint density at radius 3 is 1.52 bits per heavy atom. The molecule has 3 rings (SSSR count). The summed E-state index contributed by atoms with van der Waals surface area (Å²) in [5.74, 6) is 0. The maximum absolute atomic E-state index is 11.8. The summed E-state index contributed by atoms with van der Waals surface area (Å²) in [6, 6.07) is 9.22. The summed E-state index contributed by atoms with van der Waals surface area (Å²) in [6.07, 6.45) is 0.600. The molecule has 0 aromatic heterocycles. The van der Waals surface area contributed by atoms with Gasteiger partial charge in [-0.2, -0.15) is 16.8 Å². The molecule has 0 atom stereocenters. The van der Waals surface area contributed by atoms with E-state index in [4.69, 9.17) is 0 Å². The number of rotatable bonds is 6. The highest BCUT2D eigenvalue weighted by atomic mass is 32.2. The number of benzene rings is 2. The average molecular weight is 441 g/mol. The Bertz CT molecular complexity index is 1060. The Hall–Kier alpha value is -1.78. The molecule has 0 heterocycles. The molecule has 0 unspecified atom stereocenters. The van der Waals surface area contributed by atoms with Crippen molar-refractivity contribution in [1.29, 1.82) is 0 Å². The minimum atomic E-state index is -4.43. The van der Waals surface area contributed by atoms with Gasteiger partial charge in [0.05, 0.1) is 15.9 Å². The van der Waals surface area contributed by atoms with Crippen molar-refractivity contribution in [1.82, 2.24) is 0 Å². The summed E-state index contributed by atoms with van der Waals surface area (Å²) >= 11 is 0. The first-order valence-electron chi connectivity index (χ1n) is 9.11.